The van der Waals surface area contributed by atoms with Crippen LogP contribution in [-0.2, 0) is 0 Å². The summed E-state index contributed by atoms with van der Waals surface area (Å²) in [5.41, 5.74) is 5.67. The number of nitrogens with zero attached hydrogens (tertiary/aromatic N) is 6. The Hall–Kier alpha value is -2.64. The van der Waals surface area contributed by atoms with E-state index in [1.54, 1.807) is 6.20 Å². The summed E-state index contributed by atoms with van der Waals surface area (Å²) in [6.45, 7) is 3.29. The highest BCUT2D eigenvalue weighted by molar-refractivity contribution is 5.43. The summed E-state index contributed by atoms with van der Waals surface area (Å²) < 4.78 is 5.03. The highest BCUT2D eigenvalue weighted by atomic mass is 16.5. The Bertz CT molecular complexity index is 599. The van der Waals surface area contributed by atoms with E-state index in [1.165, 1.54) is 7.11 Å². The first-order valence-corrected chi connectivity index (χ1v) is 6.73. The van der Waals surface area contributed by atoms with Crippen LogP contribution < -0.4 is 20.3 Å². The third-order valence-corrected chi connectivity index (χ3v) is 3.34. The molecule has 0 aliphatic carbocycles. The molecule has 8 nitrogen and oxygen atoms in total. The van der Waals surface area contributed by atoms with E-state index in [4.69, 9.17) is 10.5 Å². The predicted molar refractivity (Wildman–Crippen MR) is 79.5 cm³/mol. The number of methoxy groups -OCH3 is 1. The van der Waals surface area contributed by atoms with Gasteiger partial charge in [-0.05, 0) is 12.1 Å². The minimum Gasteiger partial charge on any atom is -0.467 e. The number of aromatic nitrogens is 4. The fraction of sp³-hybridized carbons (Fsp3) is 0.385. The standard InChI is InChI=1S/C13H17N7O/c1-21-13-17-11(14)16-12(18-13)20-8-6-19(7-9-20)10-4-2-3-5-15-10/h2-5H,6-9H2,1H3,(H2,14,16,17,18). The Morgan fingerprint density at radius 1 is 1.05 bits per heavy atom. The lowest BCUT2D eigenvalue weighted by Crippen LogP contribution is -2.47. The van der Waals surface area contributed by atoms with Crippen LogP contribution in [0.25, 0.3) is 0 Å². The Kier molecular flexibility index (Phi) is 3.67. The second-order valence-electron chi connectivity index (χ2n) is 4.64. The van der Waals surface area contributed by atoms with Crippen LogP contribution in [0.2, 0.25) is 0 Å². The van der Waals surface area contributed by atoms with E-state index < -0.39 is 0 Å². The van der Waals surface area contributed by atoms with Crippen LogP contribution in [-0.4, -0.2) is 53.2 Å². The van der Waals surface area contributed by atoms with Gasteiger partial charge in [-0.15, -0.1) is 0 Å². The van der Waals surface area contributed by atoms with Crippen LogP contribution in [0.1, 0.15) is 0 Å². The Balaban J connectivity index is 1.70. The van der Waals surface area contributed by atoms with Crippen LogP contribution in [0.5, 0.6) is 6.01 Å². The first kappa shape index (κ1) is 13.3. The molecule has 3 heterocycles. The van der Waals surface area contributed by atoms with Crippen molar-refractivity contribution in [1.82, 2.24) is 19.9 Å². The Morgan fingerprint density at radius 3 is 2.48 bits per heavy atom. The molecule has 0 unspecified atom stereocenters. The number of piperazine rings is 1. The Labute approximate surface area is 122 Å². The molecule has 21 heavy (non-hydrogen) atoms. The van der Waals surface area contributed by atoms with E-state index in [0.29, 0.717) is 5.95 Å². The number of nitrogen functional groups attached to an aromatic ring is 1. The average Bonchev–Trinajstić information content (AvgIpc) is 2.55. The van der Waals surface area contributed by atoms with E-state index in [2.05, 4.69) is 29.7 Å². The van der Waals surface area contributed by atoms with E-state index in [-0.39, 0.29) is 12.0 Å². The van der Waals surface area contributed by atoms with Gasteiger partial charge < -0.3 is 20.3 Å². The highest BCUT2D eigenvalue weighted by Gasteiger charge is 2.21. The normalized spacial score (nSPS) is 15.1. The first-order chi connectivity index (χ1) is 10.3. The van der Waals surface area contributed by atoms with Gasteiger partial charge in [0.05, 0.1) is 7.11 Å². The molecular formula is C13H17N7O. The molecule has 1 aliphatic heterocycles. The summed E-state index contributed by atoms with van der Waals surface area (Å²) >= 11 is 0. The molecule has 0 aromatic carbocycles. The van der Waals surface area contributed by atoms with Crippen LogP contribution in [0.3, 0.4) is 0 Å². The smallest absolute Gasteiger partial charge is 0.322 e. The second kappa shape index (κ2) is 5.78. The molecular weight excluding hydrogens is 270 g/mol. The van der Waals surface area contributed by atoms with Gasteiger partial charge >= 0.3 is 6.01 Å². The van der Waals surface area contributed by atoms with E-state index >= 15 is 0 Å². The van der Waals surface area contributed by atoms with E-state index in [1.807, 2.05) is 18.2 Å². The molecule has 0 bridgehead atoms. The number of nitrogens with two attached hydrogens (primary N) is 1. The lowest BCUT2D eigenvalue weighted by Gasteiger charge is -2.35. The van der Waals surface area contributed by atoms with Gasteiger partial charge in [0.15, 0.2) is 0 Å². The lowest BCUT2D eigenvalue weighted by atomic mass is 10.3. The monoisotopic (exact) mass is 287 g/mol. The molecule has 2 aromatic heterocycles. The van der Waals surface area contributed by atoms with Crippen molar-refractivity contribution in [2.24, 2.45) is 0 Å². The maximum absolute atomic E-state index is 5.67. The molecule has 8 heteroatoms. The summed E-state index contributed by atoms with van der Waals surface area (Å²) in [6, 6.07) is 6.16. The summed E-state index contributed by atoms with van der Waals surface area (Å²) in [7, 11) is 1.51. The highest BCUT2D eigenvalue weighted by Crippen LogP contribution is 2.17. The zero-order valence-corrected chi connectivity index (χ0v) is 11.8. The molecule has 0 atom stereocenters. The molecule has 2 aromatic rings. The van der Waals surface area contributed by atoms with Crippen LogP contribution in [0, 0.1) is 0 Å². The summed E-state index contributed by atoms with van der Waals surface area (Å²) in [6.07, 6.45) is 1.80. The van der Waals surface area contributed by atoms with Crippen LogP contribution in [0.15, 0.2) is 24.4 Å². The molecule has 1 fully saturated rings. The van der Waals surface area contributed by atoms with Gasteiger partial charge in [0.2, 0.25) is 11.9 Å². The van der Waals surface area contributed by atoms with Gasteiger partial charge in [0, 0.05) is 32.4 Å². The molecule has 1 aliphatic rings. The first-order valence-electron chi connectivity index (χ1n) is 6.73. The van der Waals surface area contributed by atoms with Crippen molar-refractivity contribution in [3.8, 4) is 6.01 Å². The number of pyridine rings is 1. The third-order valence-electron chi connectivity index (χ3n) is 3.34. The molecule has 1 saturated heterocycles. The van der Waals surface area contributed by atoms with Crippen molar-refractivity contribution in [3.63, 3.8) is 0 Å². The second-order valence-corrected chi connectivity index (χ2v) is 4.64. The van der Waals surface area contributed by atoms with Crippen molar-refractivity contribution in [2.45, 2.75) is 0 Å². The average molecular weight is 287 g/mol. The summed E-state index contributed by atoms with van der Waals surface area (Å²) in [5.74, 6) is 1.72. The number of hydrogen-bond acceptors (Lipinski definition) is 8. The number of rotatable bonds is 3. The summed E-state index contributed by atoms with van der Waals surface area (Å²) in [5, 5.41) is 0. The van der Waals surface area contributed by atoms with Gasteiger partial charge in [-0.25, -0.2) is 4.98 Å². The van der Waals surface area contributed by atoms with Gasteiger partial charge in [0.25, 0.3) is 0 Å². The third kappa shape index (κ3) is 2.93. The molecule has 0 saturated carbocycles. The van der Waals surface area contributed by atoms with Crippen molar-refractivity contribution >= 4 is 17.7 Å². The zero-order valence-electron chi connectivity index (χ0n) is 11.8. The van der Waals surface area contributed by atoms with Gasteiger partial charge in [-0.1, -0.05) is 6.07 Å². The lowest BCUT2D eigenvalue weighted by molar-refractivity contribution is 0.378. The van der Waals surface area contributed by atoms with Gasteiger partial charge in [-0.3, -0.25) is 0 Å². The van der Waals surface area contributed by atoms with E-state index in [0.717, 1.165) is 32.0 Å². The minimum atomic E-state index is 0.170. The quantitative estimate of drug-likeness (QED) is 0.854. The fourth-order valence-electron chi connectivity index (χ4n) is 2.27. The van der Waals surface area contributed by atoms with Crippen molar-refractivity contribution in [3.05, 3.63) is 24.4 Å². The predicted octanol–water partition coefficient (Wildman–Crippen LogP) is 0.184. The molecule has 3 rings (SSSR count). The van der Waals surface area contributed by atoms with Gasteiger partial charge in [0.1, 0.15) is 5.82 Å². The van der Waals surface area contributed by atoms with E-state index in [9.17, 15) is 0 Å². The summed E-state index contributed by atoms with van der Waals surface area (Å²) in [4.78, 5) is 21.0. The molecule has 110 valence electrons. The van der Waals surface area contributed by atoms with Crippen LogP contribution >= 0.6 is 0 Å². The number of ether oxygens (including phenoxy) is 1. The zero-order chi connectivity index (χ0) is 14.7. The topological polar surface area (TPSA) is 93.3 Å². The minimum absolute atomic E-state index is 0.170. The van der Waals surface area contributed by atoms with Crippen molar-refractivity contribution < 1.29 is 4.74 Å². The van der Waals surface area contributed by atoms with Crippen molar-refractivity contribution in [2.75, 3.05) is 48.8 Å². The van der Waals surface area contributed by atoms with Crippen LogP contribution in [0.4, 0.5) is 17.7 Å². The molecule has 0 spiro atoms. The van der Waals surface area contributed by atoms with Crippen molar-refractivity contribution in [1.29, 1.82) is 0 Å². The maximum Gasteiger partial charge on any atom is 0.322 e. The Morgan fingerprint density at radius 2 is 1.81 bits per heavy atom. The number of anilines is 3. The maximum atomic E-state index is 5.67. The fourth-order valence-corrected chi connectivity index (χ4v) is 2.27. The number of hydrogen-bond donors (Lipinski definition) is 1. The molecule has 0 amide bonds. The molecule has 2 N–H and O–H groups in total. The van der Waals surface area contributed by atoms with Gasteiger partial charge in [-0.2, -0.15) is 15.0 Å². The molecule has 0 radical (unpaired) electrons. The SMILES string of the molecule is COc1nc(N)nc(N2CCN(c3ccccn3)CC2)n1. The largest absolute Gasteiger partial charge is 0.467 e.